The fourth-order valence-corrected chi connectivity index (χ4v) is 2.71. The molecule has 0 aliphatic carbocycles. The Kier molecular flexibility index (Phi) is 3.96. The number of carbonyl (C=O) groups excluding carboxylic acids is 1. The monoisotopic (exact) mass is 353 g/mol. The van der Waals surface area contributed by atoms with Crippen LogP contribution >= 0.6 is 0 Å². The van der Waals surface area contributed by atoms with Crippen LogP contribution < -0.4 is 25.2 Å². The number of benzene rings is 2. The molecule has 2 aromatic carbocycles. The number of nitrogens with one attached hydrogen (secondary N) is 1. The third-order valence-corrected chi connectivity index (χ3v) is 3.98. The molecule has 4 rings (SSSR count). The van der Waals surface area contributed by atoms with E-state index >= 15 is 0 Å². The van der Waals surface area contributed by atoms with Crippen molar-refractivity contribution in [2.24, 2.45) is 0 Å². The molecule has 1 aromatic heterocycles. The molecular weight excluding hydrogens is 338 g/mol. The Labute approximate surface area is 148 Å². The quantitative estimate of drug-likeness (QED) is 0.729. The van der Waals surface area contributed by atoms with Gasteiger partial charge in [0.15, 0.2) is 11.5 Å². The summed E-state index contributed by atoms with van der Waals surface area (Å²) in [4.78, 5) is 24.7. The Morgan fingerprint density at radius 3 is 2.65 bits per heavy atom. The summed E-state index contributed by atoms with van der Waals surface area (Å²) < 4.78 is 21.3. The molecule has 26 heavy (non-hydrogen) atoms. The van der Waals surface area contributed by atoms with Crippen LogP contribution in [0.4, 0.5) is 5.69 Å². The van der Waals surface area contributed by atoms with Crippen molar-refractivity contribution < 1.29 is 23.4 Å². The Hall–Kier alpha value is -3.48. The maximum atomic E-state index is 12.5. The highest BCUT2D eigenvalue weighted by atomic mass is 16.6. The maximum Gasteiger partial charge on any atom is 0.349 e. The van der Waals surface area contributed by atoms with Gasteiger partial charge in [0, 0.05) is 17.1 Å². The van der Waals surface area contributed by atoms with Gasteiger partial charge in [0.25, 0.3) is 5.91 Å². The summed E-state index contributed by atoms with van der Waals surface area (Å²) in [6.45, 7) is 0.931. The number of rotatable bonds is 3. The van der Waals surface area contributed by atoms with Crippen LogP contribution in [0.25, 0.3) is 11.0 Å². The van der Waals surface area contributed by atoms with Gasteiger partial charge >= 0.3 is 5.63 Å². The molecule has 1 aliphatic heterocycles. The van der Waals surface area contributed by atoms with Crippen molar-refractivity contribution in [2.75, 3.05) is 25.6 Å². The minimum atomic E-state index is -0.710. The average molecular weight is 353 g/mol. The lowest BCUT2D eigenvalue weighted by Crippen LogP contribution is -2.21. The average Bonchev–Trinajstić information content (AvgIpc) is 2.67. The Bertz CT molecular complexity index is 1060. The van der Waals surface area contributed by atoms with Gasteiger partial charge in [-0.2, -0.15) is 0 Å². The minimum Gasteiger partial charge on any atom is -0.497 e. The Balaban J connectivity index is 1.65. The zero-order valence-electron chi connectivity index (χ0n) is 13.9. The van der Waals surface area contributed by atoms with Crippen LogP contribution in [-0.4, -0.2) is 26.2 Å². The summed E-state index contributed by atoms with van der Waals surface area (Å²) in [5.74, 6) is 1.19. The van der Waals surface area contributed by atoms with E-state index in [1.807, 2.05) is 0 Å². The first-order valence-corrected chi connectivity index (χ1v) is 7.97. The normalized spacial score (nSPS) is 12.7. The third-order valence-electron chi connectivity index (χ3n) is 3.98. The molecule has 1 amide bonds. The van der Waals surface area contributed by atoms with Gasteiger partial charge in [0.05, 0.1) is 7.11 Å². The Morgan fingerprint density at radius 1 is 1.04 bits per heavy atom. The van der Waals surface area contributed by atoms with Gasteiger partial charge in [0.1, 0.15) is 30.1 Å². The number of methoxy groups -OCH3 is 1. The van der Waals surface area contributed by atoms with E-state index in [4.69, 9.17) is 18.6 Å². The molecule has 0 radical (unpaired) electrons. The van der Waals surface area contributed by atoms with Gasteiger partial charge in [-0.05, 0) is 36.4 Å². The zero-order chi connectivity index (χ0) is 18.1. The number of hydrogen-bond donors (Lipinski definition) is 1. The lowest BCUT2D eigenvalue weighted by molar-refractivity contribution is 0.102. The van der Waals surface area contributed by atoms with Crippen LogP contribution in [0.3, 0.4) is 0 Å². The van der Waals surface area contributed by atoms with E-state index in [1.165, 1.54) is 13.2 Å². The fraction of sp³-hybridized carbons (Fsp3) is 0.158. The molecular formula is C19H15NO6. The maximum absolute atomic E-state index is 12.5. The fourth-order valence-electron chi connectivity index (χ4n) is 2.71. The van der Waals surface area contributed by atoms with Gasteiger partial charge in [-0.3, -0.25) is 4.79 Å². The number of fused-ring (bicyclic) bond motifs is 2. The summed E-state index contributed by atoms with van der Waals surface area (Å²) in [6, 6.07) is 11.5. The van der Waals surface area contributed by atoms with Gasteiger partial charge in [-0.1, -0.05) is 0 Å². The molecule has 1 N–H and O–H groups in total. The molecule has 2 heterocycles. The van der Waals surface area contributed by atoms with Crippen LogP contribution in [-0.2, 0) is 0 Å². The second-order valence-corrected chi connectivity index (χ2v) is 5.66. The molecule has 0 atom stereocenters. The first-order chi connectivity index (χ1) is 12.6. The molecule has 3 aromatic rings. The first kappa shape index (κ1) is 16.0. The molecule has 0 saturated heterocycles. The van der Waals surface area contributed by atoms with Crippen LogP contribution in [0.5, 0.6) is 17.2 Å². The van der Waals surface area contributed by atoms with Gasteiger partial charge < -0.3 is 23.9 Å². The minimum absolute atomic E-state index is 0.0966. The summed E-state index contributed by atoms with van der Waals surface area (Å²) in [6.07, 6.45) is 0. The molecule has 0 bridgehead atoms. The number of ether oxygens (including phenoxy) is 3. The van der Waals surface area contributed by atoms with Crippen molar-refractivity contribution in [1.82, 2.24) is 0 Å². The third kappa shape index (κ3) is 2.95. The predicted molar refractivity (Wildman–Crippen MR) is 94.4 cm³/mol. The van der Waals surface area contributed by atoms with E-state index in [1.54, 1.807) is 36.4 Å². The summed E-state index contributed by atoms with van der Waals surface area (Å²) in [5, 5.41) is 3.27. The van der Waals surface area contributed by atoms with Crippen LogP contribution in [0, 0.1) is 0 Å². The van der Waals surface area contributed by atoms with Gasteiger partial charge in [0.2, 0.25) is 0 Å². The lowest BCUT2D eigenvalue weighted by Gasteiger charge is -2.18. The molecule has 132 valence electrons. The second kappa shape index (κ2) is 6.44. The summed E-state index contributed by atoms with van der Waals surface area (Å²) in [7, 11) is 1.54. The van der Waals surface area contributed by atoms with Crippen molar-refractivity contribution in [3.05, 3.63) is 58.4 Å². The van der Waals surface area contributed by atoms with E-state index in [0.717, 1.165) is 0 Å². The highest BCUT2D eigenvalue weighted by Crippen LogP contribution is 2.32. The van der Waals surface area contributed by atoms with E-state index in [-0.39, 0.29) is 5.56 Å². The van der Waals surface area contributed by atoms with Gasteiger partial charge in [-0.25, -0.2) is 4.79 Å². The smallest absolute Gasteiger partial charge is 0.349 e. The van der Waals surface area contributed by atoms with E-state index in [2.05, 4.69) is 5.32 Å². The standard InChI is InChI=1S/C19H15NO6/c1-23-13-3-5-15-11(8-13)9-14(19(22)26-15)18(21)20-12-2-4-16-17(10-12)25-7-6-24-16/h2-5,8-10H,6-7H2,1H3,(H,20,21). The molecule has 1 aliphatic rings. The van der Waals surface area contributed by atoms with E-state index in [9.17, 15) is 9.59 Å². The van der Waals surface area contributed by atoms with E-state index < -0.39 is 11.5 Å². The van der Waals surface area contributed by atoms with Crippen molar-refractivity contribution in [3.63, 3.8) is 0 Å². The topological polar surface area (TPSA) is 87.0 Å². The van der Waals surface area contributed by atoms with Crippen LogP contribution in [0.15, 0.2) is 51.7 Å². The zero-order valence-corrected chi connectivity index (χ0v) is 13.9. The Morgan fingerprint density at radius 2 is 1.85 bits per heavy atom. The van der Waals surface area contributed by atoms with Crippen LogP contribution in [0.2, 0.25) is 0 Å². The molecule has 0 saturated carbocycles. The number of hydrogen-bond acceptors (Lipinski definition) is 6. The summed E-state index contributed by atoms with van der Waals surface area (Å²) >= 11 is 0. The molecule has 7 heteroatoms. The predicted octanol–water partition coefficient (Wildman–Crippen LogP) is 2.83. The molecule has 7 nitrogen and oxygen atoms in total. The van der Waals surface area contributed by atoms with Crippen molar-refractivity contribution in [1.29, 1.82) is 0 Å². The molecule has 0 fully saturated rings. The first-order valence-electron chi connectivity index (χ1n) is 7.97. The van der Waals surface area contributed by atoms with Gasteiger partial charge in [-0.15, -0.1) is 0 Å². The lowest BCUT2D eigenvalue weighted by atomic mass is 10.1. The van der Waals surface area contributed by atoms with E-state index in [0.29, 0.717) is 47.1 Å². The number of carbonyl (C=O) groups is 1. The highest BCUT2D eigenvalue weighted by Gasteiger charge is 2.17. The molecule has 0 unspecified atom stereocenters. The van der Waals surface area contributed by atoms with Crippen molar-refractivity contribution in [2.45, 2.75) is 0 Å². The van der Waals surface area contributed by atoms with Crippen molar-refractivity contribution >= 4 is 22.6 Å². The molecule has 0 spiro atoms. The SMILES string of the molecule is COc1ccc2oc(=O)c(C(=O)Nc3ccc4c(c3)OCCO4)cc2c1. The number of anilines is 1. The second-order valence-electron chi connectivity index (χ2n) is 5.66. The summed E-state index contributed by atoms with van der Waals surface area (Å²) in [5.41, 5.74) is 0.0643. The number of amides is 1. The van der Waals surface area contributed by atoms with Crippen LogP contribution in [0.1, 0.15) is 10.4 Å². The highest BCUT2D eigenvalue weighted by molar-refractivity contribution is 6.05. The van der Waals surface area contributed by atoms with Crippen molar-refractivity contribution in [3.8, 4) is 17.2 Å². The largest absolute Gasteiger partial charge is 0.497 e.